The maximum atomic E-state index is 14.9. The lowest BCUT2D eigenvalue weighted by Crippen LogP contribution is -2.39. The fraction of sp³-hybridized carbons (Fsp3) is 0.400. The van der Waals surface area contributed by atoms with Gasteiger partial charge in [-0.25, -0.2) is 13.2 Å². The third-order valence-corrected chi connectivity index (χ3v) is 7.00. The van der Waals surface area contributed by atoms with Crippen LogP contribution < -0.4 is 4.74 Å². The Morgan fingerprint density at radius 1 is 0.769 bits per heavy atom. The van der Waals surface area contributed by atoms with Gasteiger partial charge in [-0.1, -0.05) is 43.7 Å². The van der Waals surface area contributed by atoms with Gasteiger partial charge in [0.25, 0.3) is 0 Å². The molecule has 1 fully saturated rings. The maximum Gasteiger partial charge on any atom is 0.400 e. The van der Waals surface area contributed by atoms with Crippen molar-refractivity contribution in [2.45, 2.75) is 70.2 Å². The zero-order valence-corrected chi connectivity index (χ0v) is 21.3. The molecule has 0 heterocycles. The molecule has 0 N–H and O–H groups in total. The smallest absolute Gasteiger partial charge is 0.400 e. The average molecular weight is 555 g/mol. The number of unbranched alkanes of at least 4 members (excludes halogenated alkanes) is 1. The molecule has 0 unspecified atom stereocenters. The zero-order valence-electron chi connectivity index (χ0n) is 21.3. The molecule has 39 heavy (non-hydrogen) atoms. The first kappa shape index (κ1) is 28.9. The molecule has 9 heteroatoms. The largest absolute Gasteiger partial charge is 0.432 e. The second-order valence-corrected chi connectivity index (χ2v) is 9.84. The molecule has 3 aromatic carbocycles. The zero-order chi connectivity index (χ0) is 28.2. The van der Waals surface area contributed by atoms with Gasteiger partial charge in [0.2, 0.25) is 0 Å². The van der Waals surface area contributed by atoms with Crippen LogP contribution >= 0.6 is 0 Å². The van der Waals surface area contributed by atoms with E-state index in [9.17, 15) is 30.7 Å². The molecule has 210 valence electrons. The van der Waals surface area contributed by atoms with Crippen LogP contribution in [0.5, 0.6) is 5.75 Å². The third kappa shape index (κ3) is 7.12. The summed E-state index contributed by atoms with van der Waals surface area (Å²) < 4.78 is 110. The fourth-order valence-corrected chi connectivity index (χ4v) is 4.74. The van der Waals surface area contributed by atoms with Crippen LogP contribution in [0.2, 0.25) is 0 Å². The first-order chi connectivity index (χ1) is 18.5. The Balaban J connectivity index is 1.33. The van der Waals surface area contributed by atoms with Crippen LogP contribution in [-0.4, -0.2) is 12.2 Å². The number of rotatable bonds is 10. The van der Waals surface area contributed by atoms with Gasteiger partial charge >= 0.3 is 12.2 Å². The molecule has 0 aliphatic heterocycles. The molecule has 0 saturated heterocycles. The van der Waals surface area contributed by atoms with Crippen LogP contribution in [0.3, 0.4) is 0 Å². The SMILES string of the molecule is CCCCc1ccc(C(F)(F)OC2CCC(C(F)(F)Oc3ccc(-c4ccc(F)c(F)c4)c(F)c3)CC2)cc1. The first-order valence-electron chi connectivity index (χ1n) is 13.0. The minimum Gasteiger partial charge on any atom is -0.432 e. The summed E-state index contributed by atoms with van der Waals surface area (Å²) in [5.74, 6) is -4.95. The van der Waals surface area contributed by atoms with Crippen LogP contribution in [0.25, 0.3) is 11.1 Å². The number of hydrogen-bond donors (Lipinski definition) is 0. The molecule has 0 aromatic heterocycles. The number of ether oxygens (including phenoxy) is 2. The first-order valence-corrected chi connectivity index (χ1v) is 13.0. The average Bonchev–Trinajstić information content (AvgIpc) is 2.89. The number of benzene rings is 3. The summed E-state index contributed by atoms with van der Waals surface area (Å²) in [6, 6.07) is 11.7. The van der Waals surface area contributed by atoms with Gasteiger partial charge in [0.05, 0.1) is 17.6 Å². The molecular weight excluding hydrogens is 525 g/mol. The van der Waals surface area contributed by atoms with E-state index in [2.05, 4.69) is 0 Å². The van der Waals surface area contributed by atoms with E-state index in [0.29, 0.717) is 0 Å². The van der Waals surface area contributed by atoms with Crippen molar-refractivity contribution < 1.29 is 40.2 Å². The Bertz CT molecular complexity index is 1250. The molecule has 0 spiro atoms. The Morgan fingerprint density at radius 3 is 2.08 bits per heavy atom. The molecule has 0 radical (unpaired) electrons. The number of aryl methyl sites for hydroxylation is 1. The van der Waals surface area contributed by atoms with Crippen molar-refractivity contribution in [3.63, 3.8) is 0 Å². The van der Waals surface area contributed by atoms with E-state index in [1.807, 2.05) is 6.92 Å². The summed E-state index contributed by atoms with van der Waals surface area (Å²) in [6.45, 7) is 2.05. The van der Waals surface area contributed by atoms with E-state index in [4.69, 9.17) is 9.47 Å². The molecule has 2 nitrogen and oxygen atoms in total. The number of hydrogen-bond acceptors (Lipinski definition) is 2. The Morgan fingerprint density at radius 2 is 1.46 bits per heavy atom. The summed E-state index contributed by atoms with van der Waals surface area (Å²) in [5, 5.41) is 0. The van der Waals surface area contributed by atoms with Crippen molar-refractivity contribution in [1.82, 2.24) is 0 Å². The monoisotopic (exact) mass is 554 g/mol. The molecule has 1 saturated carbocycles. The van der Waals surface area contributed by atoms with Crippen molar-refractivity contribution in [3.05, 3.63) is 89.2 Å². The summed E-state index contributed by atoms with van der Waals surface area (Å²) in [4.78, 5) is 0. The predicted octanol–water partition coefficient (Wildman–Crippen LogP) is 9.41. The maximum absolute atomic E-state index is 14.9. The lowest BCUT2D eigenvalue weighted by Gasteiger charge is -2.34. The quantitative estimate of drug-likeness (QED) is 0.233. The molecule has 3 aromatic rings. The van der Waals surface area contributed by atoms with E-state index < -0.39 is 47.4 Å². The van der Waals surface area contributed by atoms with Crippen molar-refractivity contribution in [2.75, 3.05) is 0 Å². The van der Waals surface area contributed by atoms with E-state index in [-0.39, 0.29) is 42.4 Å². The summed E-state index contributed by atoms with van der Waals surface area (Å²) in [6.07, 6.45) is -5.66. The second-order valence-electron chi connectivity index (χ2n) is 9.84. The van der Waals surface area contributed by atoms with E-state index in [1.165, 1.54) is 18.2 Å². The Labute approximate surface area is 222 Å². The van der Waals surface area contributed by atoms with Crippen LogP contribution in [0, 0.1) is 23.4 Å². The van der Waals surface area contributed by atoms with Gasteiger partial charge in [0.15, 0.2) is 11.6 Å². The van der Waals surface area contributed by atoms with E-state index in [0.717, 1.165) is 55.2 Å². The van der Waals surface area contributed by atoms with Gasteiger partial charge in [0.1, 0.15) is 11.6 Å². The molecule has 0 atom stereocenters. The minimum atomic E-state index is -3.68. The van der Waals surface area contributed by atoms with Gasteiger partial charge in [-0.15, -0.1) is 0 Å². The standard InChI is InChI=1S/C30H29F7O2/c1-2-3-4-19-5-8-21(9-6-19)29(34,35)38-23-12-10-22(11-13-23)30(36,37)39-24-14-15-25(27(32)18-24)20-7-16-26(31)28(33)17-20/h5-9,14-18,22-23H,2-4,10-13H2,1H3. The molecular formula is C30H29F7O2. The van der Waals surface area contributed by atoms with Gasteiger partial charge in [0, 0.05) is 11.6 Å². The summed E-state index contributed by atoms with van der Waals surface area (Å²) >= 11 is 0. The highest BCUT2D eigenvalue weighted by Crippen LogP contribution is 2.42. The summed E-state index contributed by atoms with van der Waals surface area (Å²) in [7, 11) is 0. The Hall–Kier alpha value is -3.07. The van der Waals surface area contributed by atoms with Gasteiger partial charge in [-0.3, -0.25) is 0 Å². The normalized spacial score (nSPS) is 18.3. The molecule has 1 aliphatic carbocycles. The highest BCUT2D eigenvalue weighted by molar-refractivity contribution is 5.65. The van der Waals surface area contributed by atoms with Crippen LogP contribution in [0.4, 0.5) is 30.7 Å². The van der Waals surface area contributed by atoms with Gasteiger partial charge in [-0.2, -0.15) is 17.6 Å². The predicted molar refractivity (Wildman–Crippen MR) is 133 cm³/mol. The topological polar surface area (TPSA) is 18.5 Å². The number of alkyl halides is 4. The third-order valence-electron chi connectivity index (χ3n) is 7.00. The van der Waals surface area contributed by atoms with Crippen molar-refractivity contribution in [3.8, 4) is 16.9 Å². The second kappa shape index (κ2) is 12.0. The van der Waals surface area contributed by atoms with Crippen LogP contribution in [0.15, 0.2) is 60.7 Å². The van der Waals surface area contributed by atoms with Crippen LogP contribution in [-0.2, 0) is 17.3 Å². The molecule has 0 amide bonds. The molecule has 1 aliphatic rings. The fourth-order valence-electron chi connectivity index (χ4n) is 4.74. The van der Waals surface area contributed by atoms with Crippen LogP contribution in [0.1, 0.15) is 56.6 Å². The Kier molecular flexibility index (Phi) is 8.89. The minimum absolute atomic E-state index is 0.0166. The van der Waals surface area contributed by atoms with Gasteiger partial charge in [-0.05, 0) is 73.9 Å². The highest BCUT2D eigenvalue weighted by atomic mass is 19.3. The van der Waals surface area contributed by atoms with Crippen molar-refractivity contribution in [1.29, 1.82) is 0 Å². The van der Waals surface area contributed by atoms with Gasteiger partial charge < -0.3 is 9.47 Å². The molecule has 4 rings (SSSR count). The lowest BCUT2D eigenvalue weighted by atomic mass is 9.86. The van der Waals surface area contributed by atoms with E-state index in [1.54, 1.807) is 12.1 Å². The number of halogens is 7. The van der Waals surface area contributed by atoms with Crippen molar-refractivity contribution in [2.24, 2.45) is 5.92 Å². The van der Waals surface area contributed by atoms with E-state index >= 15 is 0 Å². The lowest BCUT2D eigenvalue weighted by molar-refractivity contribution is -0.284. The summed E-state index contributed by atoms with van der Waals surface area (Å²) in [5.41, 5.74) is 0.594. The molecule has 0 bridgehead atoms. The highest BCUT2D eigenvalue weighted by Gasteiger charge is 2.46. The van der Waals surface area contributed by atoms with Crippen molar-refractivity contribution >= 4 is 0 Å².